The maximum Gasteiger partial charge on any atom is 0.00148 e. The molecule has 1 aliphatic rings. The zero-order valence-electron chi connectivity index (χ0n) is 9.54. The van der Waals surface area contributed by atoms with Crippen molar-refractivity contribution < 1.29 is 0 Å². The van der Waals surface area contributed by atoms with E-state index in [0.717, 1.165) is 11.7 Å². The molecule has 84 valence electrons. The second kappa shape index (κ2) is 7.58. The molecule has 1 unspecified atom stereocenters. The fourth-order valence-electron chi connectivity index (χ4n) is 2.17. The second-order valence-corrected chi connectivity index (χ2v) is 5.07. The molecular weight excluding hydrogens is 190 g/mol. The van der Waals surface area contributed by atoms with Crippen molar-refractivity contribution >= 4 is 12.6 Å². The highest BCUT2D eigenvalue weighted by molar-refractivity contribution is 7.80. The van der Waals surface area contributed by atoms with E-state index in [9.17, 15) is 0 Å². The van der Waals surface area contributed by atoms with Crippen molar-refractivity contribution in [3.05, 3.63) is 0 Å². The zero-order chi connectivity index (χ0) is 10.2. The molecule has 14 heavy (non-hydrogen) atoms. The highest BCUT2D eigenvalue weighted by Gasteiger charge is 2.09. The molecule has 0 aromatic heterocycles. The highest BCUT2D eigenvalue weighted by Crippen LogP contribution is 2.12. The summed E-state index contributed by atoms with van der Waals surface area (Å²) < 4.78 is 0. The molecule has 0 radical (unpaired) electrons. The number of rotatable bonds is 3. The van der Waals surface area contributed by atoms with Crippen LogP contribution in [0.4, 0.5) is 0 Å². The Morgan fingerprint density at radius 2 is 1.50 bits per heavy atom. The smallest absolute Gasteiger partial charge is 0.00148 e. The molecular formula is C12H25NS. The Hall–Kier alpha value is 0.310. The quantitative estimate of drug-likeness (QED) is 0.708. The average Bonchev–Trinajstić information content (AvgIpc) is 2.31. The average molecular weight is 215 g/mol. The summed E-state index contributed by atoms with van der Waals surface area (Å²) in [6.07, 6.45) is 8.59. The van der Waals surface area contributed by atoms with Crippen LogP contribution in [0.1, 0.15) is 45.4 Å². The van der Waals surface area contributed by atoms with Crippen LogP contribution >= 0.6 is 12.6 Å². The van der Waals surface area contributed by atoms with Gasteiger partial charge in [-0.05, 0) is 37.6 Å². The molecule has 2 heteroatoms. The van der Waals surface area contributed by atoms with Gasteiger partial charge in [0, 0.05) is 6.54 Å². The normalized spacial score (nSPS) is 23.6. The lowest BCUT2D eigenvalue weighted by atomic mass is 10.1. The van der Waals surface area contributed by atoms with Crippen LogP contribution in [-0.2, 0) is 0 Å². The lowest BCUT2D eigenvalue weighted by Crippen LogP contribution is -2.31. The molecule has 1 rings (SSSR count). The molecule has 0 spiro atoms. The van der Waals surface area contributed by atoms with Gasteiger partial charge in [-0.2, -0.15) is 12.6 Å². The maximum atomic E-state index is 4.36. The molecule has 1 aliphatic heterocycles. The van der Waals surface area contributed by atoms with Crippen molar-refractivity contribution in [3.8, 4) is 0 Å². The summed E-state index contributed by atoms with van der Waals surface area (Å²) in [6.45, 7) is 6.19. The monoisotopic (exact) mass is 215 g/mol. The van der Waals surface area contributed by atoms with E-state index in [2.05, 4.69) is 24.5 Å². The van der Waals surface area contributed by atoms with Gasteiger partial charge in [0.25, 0.3) is 0 Å². The molecule has 0 bridgehead atoms. The van der Waals surface area contributed by atoms with Crippen LogP contribution in [-0.4, -0.2) is 30.3 Å². The van der Waals surface area contributed by atoms with E-state index >= 15 is 0 Å². The predicted molar refractivity (Wildman–Crippen MR) is 67.2 cm³/mol. The summed E-state index contributed by atoms with van der Waals surface area (Å²) >= 11 is 4.36. The molecule has 0 saturated carbocycles. The van der Waals surface area contributed by atoms with Crippen LogP contribution in [0.5, 0.6) is 0 Å². The largest absolute Gasteiger partial charge is 0.303 e. The molecule has 1 fully saturated rings. The van der Waals surface area contributed by atoms with E-state index in [0.29, 0.717) is 0 Å². The Morgan fingerprint density at radius 3 is 2.00 bits per heavy atom. The van der Waals surface area contributed by atoms with Crippen LogP contribution in [0.3, 0.4) is 0 Å². The Labute approximate surface area is 94.7 Å². The molecule has 1 saturated heterocycles. The van der Waals surface area contributed by atoms with E-state index in [-0.39, 0.29) is 0 Å². The SMILES string of the molecule is CC(CS)CN1CCCCCCCC1. The minimum atomic E-state index is 0.749. The first-order valence-electron chi connectivity index (χ1n) is 6.16. The summed E-state index contributed by atoms with van der Waals surface area (Å²) in [5.41, 5.74) is 0. The van der Waals surface area contributed by atoms with Crippen molar-refractivity contribution in [2.45, 2.75) is 45.4 Å². The number of hydrogen-bond donors (Lipinski definition) is 1. The standard InChI is InChI=1S/C12H25NS/c1-12(11-14)10-13-8-6-4-2-3-5-7-9-13/h12,14H,2-11H2,1H3. The molecule has 1 nitrogen and oxygen atoms in total. The van der Waals surface area contributed by atoms with Crippen molar-refractivity contribution in [1.29, 1.82) is 0 Å². The molecule has 1 heterocycles. The molecule has 1 atom stereocenters. The molecule has 0 aromatic carbocycles. The van der Waals surface area contributed by atoms with Gasteiger partial charge in [0.05, 0.1) is 0 Å². The van der Waals surface area contributed by atoms with Gasteiger partial charge in [-0.1, -0.05) is 32.6 Å². The van der Waals surface area contributed by atoms with Gasteiger partial charge in [-0.25, -0.2) is 0 Å². The summed E-state index contributed by atoms with van der Waals surface area (Å²) in [5.74, 6) is 1.77. The van der Waals surface area contributed by atoms with Crippen LogP contribution in [0, 0.1) is 5.92 Å². The van der Waals surface area contributed by atoms with Crippen LogP contribution < -0.4 is 0 Å². The number of thiol groups is 1. The third-order valence-corrected chi connectivity index (χ3v) is 3.70. The zero-order valence-corrected chi connectivity index (χ0v) is 10.4. The fourth-order valence-corrected chi connectivity index (χ4v) is 2.29. The highest BCUT2D eigenvalue weighted by atomic mass is 32.1. The van der Waals surface area contributed by atoms with Gasteiger partial charge in [-0.3, -0.25) is 0 Å². The lowest BCUT2D eigenvalue weighted by Gasteiger charge is -2.24. The van der Waals surface area contributed by atoms with Gasteiger partial charge in [0.1, 0.15) is 0 Å². The fraction of sp³-hybridized carbons (Fsp3) is 1.00. The summed E-state index contributed by atoms with van der Waals surface area (Å²) in [5, 5.41) is 0. The first-order chi connectivity index (χ1) is 6.83. The minimum absolute atomic E-state index is 0.749. The van der Waals surface area contributed by atoms with Crippen LogP contribution in [0.2, 0.25) is 0 Å². The summed E-state index contributed by atoms with van der Waals surface area (Å²) in [7, 11) is 0. The number of nitrogens with zero attached hydrogens (tertiary/aromatic N) is 1. The van der Waals surface area contributed by atoms with E-state index in [4.69, 9.17) is 0 Å². The van der Waals surface area contributed by atoms with Gasteiger partial charge in [-0.15, -0.1) is 0 Å². The van der Waals surface area contributed by atoms with Crippen molar-refractivity contribution in [1.82, 2.24) is 4.90 Å². The van der Waals surface area contributed by atoms with Gasteiger partial charge in [0.15, 0.2) is 0 Å². The Bertz CT molecular complexity index is 128. The van der Waals surface area contributed by atoms with Crippen LogP contribution in [0.15, 0.2) is 0 Å². The third-order valence-electron chi connectivity index (χ3n) is 3.08. The number of hydrogen-bond acceptors (Lipinski definition) is 2. The summed E-state index contributed by atoms with van der Waals surface area (Å²) in [4.78, 5) is 2.65. The van der Waals surface area contributed by atoms with E-state index in [1.807, 2.05) is 0 Å². The topological polar surface area (TPSA) is 3.24 Å². The molecule has 0 amide bonds. The third kappa shape index (κ3) is 5.26. The van der Waals surface area contributed by atoms with Crippen molar-refractivity contribution in [2.24, 2.45) is 5.92 Å². The van der Waals surface area contributed by atoms with Gasteiger partial charge < -0.3 is 4.90 Å². The van der Waals surface area contributed by atoms with Crippen LogP contribution in [0.25, 0.3) is 0 Å². The van der Waals surface area contributed by atoms with E-state index < -0.39 is 0 Å². The first-order valence-corrected chi connectivity index (χ1v) is 6.79. The summed E-state index contributed by atoms with van der Waals surface area (Å²) in [6, 6.07) is 0. The molecule has 0 aliphatic carbocycles. The van der Waals surface area contributed by atoms with Crippen molar-refractivity contribution in [3.63, 3.8) is 0 Å². The van der Waals surface area contributed by atoms with Gasteiger partial charge in [0.2, 0.25) is 0 Å². The Morgan fingerprint density at radius 1 is 1.00 bits per heavy atom. The minimum Gasteiger partial charge on any atom is -0.303 e. The lowest BCUT2D eigenvalue weighted by molar-refractivity contribution is 0.242. The van der Waals surface area contributed by atoms with E-state index in [1.54, 1.807) is 0 Å². The second-order valence-electron chi connectivity index (χ2n) is 4.71. The predicted octanol–water partition coefficient (Wildman–Crippen LogP) is 3.21. The van der Waals surface area contributed by atoms with E-state index in [1.165, 1.54) is 58.2 Å². The van der Waals surface area contributed by atoms with Crippen molar-refractivity contribution in [2.75, 3.05) is 25.4 Å². The Kier molecular flexibility index (Phi) is 6.70. The van der Waals surface area contributed by atoms with Gasteiger partial charge >= 0.3 is 0 Å². The first kappa shape index (κ1) is 12.4. The Balaban J connectivity index is 2.25. The molecule has 0 aromatic rings. The maximum absolute atomic E-state index is 4.36. The molecule has 0 N–H and O–H groups in total.